The van der Waals surface area contributed by atoms with Crippen molar-refractivity contribution in [3.63, 3.8) is 0 Å². The largest absolute Gasteiger partial charge is 0.204 e. The van der Waals surface area contributed by atoms with Crippen molar-refractivity contribution in [3.05, 3.63) is 56.8 Å². The summed E-state index contributed by atoms with van der Waals surface area (Å²) >= 11 is 5.39. The molecule has 0 aliphatic heterocycles. The Bertz CT molecular complexity index is 583. The summed E-state index contributed by atoms with van der Waals surface area (Å²) < 4.78 is 26.3. The number of halogens is 3. The maximum atomic E-state index is 13.3. The van der Waals surface area contributed by atoms with E-state index in [0.717, 1.165) is 18.4 Å². The normalized spacial score (nSPS) is 16.2. The summed E-state index contributed by atoms with van der Waals surface area (Å²) in [6.45, 7) is 0. The highest BCUT2D eigenvalue weighted by Gasteiger charge is 2.19. The van der Waals surface area contributed by atoms with Gasteiger partial charge in [-0.3, -0.25) is 0 Å². The topological polar surface area (TPSA) is 0 Å². The van der Waals surface area contributed by atoms with E-state index in [1.807, 2.05) is 0 Å². The van der Waals surface area contributed by atoms with Crippen LogP contribution in [0.15, 0.2) is 24.3 Å². The van der Waals surface area contributed by atoms with Gasteiger partial charge >= 0.3 is 0 Å². The quantitative estimate of drug-likeness (QED) is 0.642. The van der Waals surface area contributed by atoms with Gasteiger partial charge in [-0.25, -0.2) is 8.78 Å². The Morgan fingerprint density at radius 3 is 2.58 bits per heavy atom. The summed E-state index contributed by atoms with van der Waals surface area (Å²) in [4.78, 5) is 2.57. The van der Waals surface area contributed by atoms with Gasteiger partial charge in [0.2, 0.25) is 0 Å². The van der Waals surface area contributed by atoms with E-state index in [1.165, 1.54) is 40.3 Å². The van der Waals surface area contributed by atoms with Crippen LogP contribution in [0.4, 0.5) is 8.78 Å². The van der Waals surface area contributed by atoms with Crippen molar-refractivity contribution in [1.29, 1.82) is 0 Å². The molecule has 1 aromatic carbocycles. The molecule has 0 bridgehead atoms. The molecule has 100 valence electrons. The van der Waals surface area contributed by atoms with E-state index < -0.39 is 11.6 Å². The highest BCUT2D eigenvalue weighted by Crippen LogP contribution is 2.39. The maximum absolute atomic E-state index is 13.3. The van der Waals surface area contributed by atoms with Crippen LogP contribution in [-0.2, 0) is 12.8 Å². The minimum absolute atomic E-state index is 0.0572. The first-order chi connectivity index (χ1) is 9.15. The van der Waals surface area contributed by atoms with Crippen LogP contribution >= 0.6 is 27.3 Å². The molecule has 1 aliphatic carbocycles. The number of alkyl halides is 1. The molecule has 0 fully saturated rings. The van der Waals surface area contributed by atoms with E-state index >= 15 is 0 Å². The lowest BCUT2D eigenvalue weighted by atomic mass is 9.99. The van der Waals surface area contributed by atoms with Crippen LogP contribution in [0, 0.1) is 11.6 Å². The average molecular weight is 343 g/mol. The molecule has 1 atom stereocenters. The van der Waals surface area contributed by atoms with Gasteiger partial charge < -0.3 is 0 Å². The van der Waals surface area contributed by atoms with Crippen LogP contribution in [0.2, 0.25) is 0 Å². The first kappa shape index (κ1) is 13.3. The van der Waals surface area contributed by atoms with Gasteiger partial charge in [0.1, 0.15) is 0 Å². The molecule has 1 heterocycles. The lowest BCUT2D eigenvalue weighted by Crippen LogP contribution is -1.96. The molecule has 4 heteroatoms. The highest BCUT2D eigenvalue weighted by atomic mass is 79.9. The van der Waals surface area contributed by atoms with E-state index in [0.29, 0.717) is 0 Å². The van der Waals surface area contributed by atoms with Crippen LogP contribution in [0.5, 0.6) is 0 Å². The van der Waals surface area contributed by atoms with Gasteiger partial charge in [-0.05, 0) is 55.0 Å². The van der Waals surface area contributed by atoms with E-state index in [-0.39, 0.29) is 4.83 Å². The summed E-state index contributed by atoms with van der Waals surface area (Å²) in [5, 5.41) is 0. The molecule has 0 saturated carbocycles. The Kier molecular flexibility index (Phi) is 3.72. The Morgan fingerprint density at radius 1 is 1.05 bits per heavy atom. The minimum Gasteiger partial charge on any atom is -0.204 e. The molecule has 0 spiro atoms. The first-order valence-electron chi connectivity index (χ1n) is 6.35. The van der Waals surface area contributed by atoms with Gasteiger partial charge in [0.25, 0.3) is 0 Å². The zero-order valence-corrected chi connectivity index (χ0v) is 12.7. The molecule has 0 nitrogen and oxygen atoms in total. The zero-order valence-electron chi connectivity index (χ0n) is 10.3. The Balaban J connectivity index is 1.92. The number of aryl methyl sites for hydroxylation is 2. The van der Waals surface area contributed by atoms with Crippen molar-refractivity contribution in [1.82, 2.24) is 0 Å². The average Bonchev–Trinajstić information content (AvgIpc) is 2.85. The van der Waals surface area contributed by atoms with Crippen molar-refractivity contribution < 1.29 is 8.78 Å². The second-order valence-electron chi connectivity index (χ2n) is 4.84. The standard InChI is InChI=1S/C15H13BrF2S/c16-15(10-5-6-11(17)12(18)7-10)14-8-9-3-1-2-4-13(9)19-14/h5-8,15H,1-4H2. The number of benzene rings is 1. The van der Waals surface area contributed by atoms with E-state index in [4.69, 9.17) is 0 Å². The summed E-state index contributed by atoms with van der Waals surface area (Å²) in [7, 11) is 0. The van der Waals surface area contributed by atoms with Crippen LogP contribution in [0.3, 0.4) is 0 Å². The fourth-order valence-electron chi connectivity index (χ4n) is 2.47. The minimum atomic E-state index is -0.797. The number of hydrogen-bond donors (Lipinski definition) is 0. The highest BCUT2D eigenvalue weighted by molar-refractivity contribution is 9.09. The molecule has 1 unspecified atom stereocenters. The van der Waals surface area contributed by atoms with Crippen molar-refractivity contribution >= 4 is 27.3 Å². The SMILES string of the molecule is Fc1ccc(C(Br)c2cc3c(s2)CCCC3)cc1F. The molecule has 1 aromatic heterocycles. The van der Waals surface area contributed by atoms with Crippen molar-refractivity contribution in [2.45, 2.75) is 30.5 Å². The molecule has 0 amide bonds. The molecule has 0 radical (unpaired) electrons. The van der Waals surface area contributed by atoms with Crippen molar-refractivity contribution in [2.24, 2.45) is 0 Å². The molecule has 2 aromatic rings. The number of rotatable bonds is 2. The van der Waals surface area contributed by atoms with E-state index in [2.05, 4.69) is 22.0 Å². The molecule has 19 heavy (non-hydrogen) atoms. The monoisotopic (exact) mass is 342 g/mol. The van der Waals surface area contributed by atoms with Crippen LogP contribution < -0.4 is 0 Å². The van der Waals surface area contributed by atoms with Crippen molar-refractivity contribution in [3.8, 4) is 0 Å². The lowest BCUT2D eigenvalue weighted by molar-refractivity contribution is 0.507. The molecule has 0 saturated heterocycles. The van der Waals surface area contributed by atoms with Gasteiger partial charge in [-0.2, -0.15) is 0 Å². The van der Waals surface area contributed by atoms with Crippen molar-refractivity contribution in [2.75, 3.05) is 0 Å². The maximum Gasteiger partial charge on any atom is 0.159 e. The fourth-order valence-corrected chi connectivity index (χ4v) is 4.43. The smallest absolute Gasteiger partial charge is 0.159 e. The van der Waals surface area contributed by atoms with Gasteiger partial charge in [0.05, 0.1) is 4.83 Å². The molecule has 0 N–H and O–H groups in total. The molecule has 3 rings (SSSR count). The second-order valence-corrected chi connectivity index (χ2v) is 6.92. The molecular formula is C15H13BrF2S. The van der Waals surface area contributed by atoms with E-state index in [1.54, 1.807) is 17.4 Å². The van der Waals surface area contributed by atoms with Gasteiger partial charge in [-0.1, -0.05) is 22.0 Å². The van der Waals surface area contributed by atoms with Gasteiger partial charge in [0, 0.05) is 9.75 Å². The molecular weight excluding hydrogens is 330 g/mol. The van der Waals surface area contributed by atoms with Crippen LogP contribution in [0.25, 0.3) is 0 Å². The Morgan fingerprint density at radius 2 is 1.84 bits per heavy atom. The Hall–Kier alpha value is -0.740. The van der Waals surface area contributed by atoms with Gasteiger partial charge in [0.15, 0.2) is 11.6 Å². The zero-order chi connectivity index (χ0) is 13.4. The Labute approximate surface area is 123 Å². The van der Waals surface area contributed by atoms with Gasteiger partial charge in [-0.15, -0.1) is 11.3 Å². The number of fused-ring (bicyclic) bond motifs is 1. The second kappa shape index (κ2) is 5.33. The predicted octanol–water partition coefficient (Wildman–Crippen LogP) is 5.39. The fraction of sp³-hybridized carbons (Fsp3) is 0.333. The number of thiophene rings is 1. The summed E-state index contributed by atoms with van der Waals surface area (Å²) in [5.41, 5.74) is 2.19. The predicted molar refractivity (Wildman–Crippen MR) is 78.1 cm³/mol. The third-order valence-electron chi connectivity index (χ3n) is 3.50. The number of hydrogen-bond acceptors (Lipinski definition) is 1. The summed E-state index contributed by atoms with van der Waals surface area (Å²) in [5.74, 6) is -1.59. The van der Waals surface area contributed by atoms with Crippen LogP contribution in [0.1, 0.15) is 38.6 Å². The third-order valence-corrected chi connectivity index (χ3v) is 6.13. The summed E-state index contributed by atoms with van der Waals surface area (Å²) in [6.07, 6.45) is 4.80. The molecule has 1 aliphatic rings. The summed E-state index contributed by atoms with van der Waals surface area (Å²) in [6, 6.07) is 6.30. The van der Waals surface area contributed by atoms with Crippen LogP contribution in [-0.4, -0.2) is 0 Å². The third kappa shape index (κ3) is 2.61. The lowest BCUT2D eigenvalue weighted by Gasteiger charge is -2.08. The van der Waals surface area contributed by atoms with E-state index in [9.17, 15) is 8.78 Å². The first-order valence-corrected chi connectivity index (χ1v) is 8.09.